The summed E-state index contributed by atoms with van der Waals surface area (Å²) in [5.74, 6) is 1.95. The van der Waals surface area contributed by atoms with Gasteiger partial charge in [-0.2, -0.15) is 0 Å². The molecule has 37 heavy (non-hydrogen) atoms. The maximum Gasteiger partial charge on any atom is 0.0779 e. The molecule has 3 heteroatoms. The highest BCUT2D eigenvalue weighted by Crippen LogP contribution is 2.52. The van der Waals surface area contributed by atoms with Crippen LogP contribution in [0.4, 0.5) is 0 Å². The Hall–Kier alpha value is -1.02. The molecule has 0 spiro atoms. The molecule has 0 N–H and O–H groups in total. The van der Waals surface area contributed by atoms with E-state index < -0.39 is 0 Å². The summed E-state index contributed by atoms with van der Waals surface area (Å²) < 4.78 is 7.31. The summed E-state index contributed by atoms with van der Waals surface area (Å²) in [6.45, 7) is 14.1. The Bertz CT molecular complexity index is 896. The molecule has 8 unspecified atom stereocenters. The monoisotopic (exact) mass is 542 g/mol. The lowest BCUT2D eigenvalue weighted by atomic mass is 9.63. The number of hydrogen-bond donors (Lipinski definition) is 0. The molecule has 1 nitrogen and oxygen atoms in total. The number of halogens is 2. The minimum absolute atomic E-state index is 0.00386. The summed E-state index contributed by atoms with van der Waals surface area (Å²) >= 11 is 15.0. The van der Waals surface area contributed by atoms with Crippen molar-refractivity contribution in [2.24, 2.45) is 34.5 Å². The normalized spacial score (nSPS) is 36.7. The van der Waals surface area contributed by atoms with Crippen LogP contribution in [0.15, 0.2) is 60.7 Å². The molecule has 2 fully saturated rings. The average Bonchev–Trinajstić information content (AvgIpc) is 2.86. The first-order valence-corrected chi connectivity index (χ1v) is 15.4. The lowest BCUT2D eigenvalue weighted by molar-refractivity contribution is -0.140. The highest BCUT2D eigenvalue weighted by atomic mass is 35.5. The molecule has 8 atom stereocenters. The van der Waals surface area contributed by atoms with Gasteiger partial charge in [0.15, 0.2) is 0 Å². The summed E-state index contributed by atoms with van der Waals surface area (Å²) in [7, 11) is 0. The molecule has 0 heterocycles. The quantitative estimate of drug-likeness (QED) is 0.301. The summed E-state index contributed by atoms with van der Waals surface area (Å²) in [6.07, 6.45) is 6.57. The predicted molar refractivity (Wildman–Crippen MR) is 160 cm³/mol. The SMILES string of the molecule is CC(C)C1CCC(C)(Cc2ccccc2)C(Cl)C1OC1C(C(C)C)CCC(C)(Cc2ccccc2)C1Cl. The molecule has 2 aromatic rings. The standard InChI is InChI=1S/C34H48Cl2O/c1-23(2)27-17-19-33(5,21-25-13-9-7-10-14-25)31(35)29(27)37-30-28(24(3)4)18-20-34(6,32(30)36)22-26-15-11-8-12-16-26/h7-16,23-24,27-32H,17-22H2,1-6H3. The molecule has 4 rings (SSSR count). The van der Waals surface area contributed by atoms with Crippen LogP contribution in [0.3, 0.4) is 0 Å². The van der Waals surface area contributed by atoms with Gasteiger partial charge in [-0.15, -0.1) is 23.2 Å². The lowest BCUT2D eigenvalue weighted by Crippen LogP contribution is -2.56. The van der Waals surface area contributed by atoms with Crippen molar-refractivity contribution in [1.82, 2.24) is 0 Å². The number of alkyl halides is 2. The van der Waals surface area contributed by atoms with Crippen LogP contribution in [0, 0.1) is 34.5 Å². The van der Waals surface area contributed by atoms with Gasteiger partial charge in [0.2, 0.25) is 0 Å². The second-order valence-corrected chi connectivity index (χ2v) is 14.3. The van der Waals surface area contributed by atoms with E-state index in [9.17, 15) is 0 Å². The molecule has 0 aliphatic heterocycles. The predicted octanol–water partition coefficient (Wildman–Crippen LogP) is 9.58. The number of hydrogen-bond acceptors (Lipinski definition) is 1. The Morgan fingerprint density at radius 3 is 1.35 bits per heavy atom. The number of rotatable bonds is 8. The first kappa shape index (κ1) is 29.0. The zero-order valence-corrected chi connectivity index (χ0v) is 25.3. The molecule has 2 aromatic carbocycles. The Kier molecular flexibility index (Phi) is 9.41. The third-order valence-corrected chi connectivity index (χ3v) is 11.3. The lowest BCUT2D eigenvalue weighted by Gasteiger charge is -2.53. The van der Waals surface area contributed by atoms with Crippen molar-refractivity contribution < 1.29 is 4.74 Å². The van der Waals surface area contributed by atoms with Crippen molar-refractivity contribution in [1.29, 1.82) is 0 Å². The van der Waals surface area contributed by atoms with E-state index in [4.69, 9.17) is 27.9 Å². The van der Waals surface area contributed by atoms with Gasteiger partial charge in [-0.25, -0.2) is 0 Å². The van der Waals surface area contributed by atoms with E-state index in [1.165, 1.54) is 11.1 Å². The Morgan fingerprint density at radius 1 is 0.676 bits per heavy atom. The van der Waals surface area contributed by atoms with Crippen molar-refractivity contribution in [3.05, 3.63) is 71.8 Å². The van der Waals surface area contributed by atoms with Crippen LogP contribution in [-0.4, -0.2) is 23.0 Å². The average molecular weight is 544 g/mol. The summed E-state index contributed by atoms with van der Waals surface area (Å²) in [5, 5.41) is -0.0966. The second-order valence-electron chi connectivity index (χ2n) is 13.4. The maximum absolute atomic E-state index is 7.51. The topological polar surface area (TPSA) is 9.23 Å². The van der Waals surface area contributed by atoms with Gasteiger partial charge in [-0.05, 0) is 84.2 Å². The Labute approximate surface area is 236 Å². The summed E-state index contributed by atoms with van der Waals surface area (Å²) in [5.41, 5.74) is 2.72. The molecule has 2 aliphatic carbocycles. The second kappa shape index (κ2) is 12.0. The smallest absolute Gasteiger partial charge is 0.0779 e. The zero-order valence-electron chi connectivity index (χ0n) is 23.8. The molecule has 0 bridgehead atoms. The van der Waals surface area contributed by atoms with E-state index >= 15 is 0 Å². The van der Waals surface area contributed by atoms with Crippen LogP contribution in [0.2, 0.25) is 0 Å². The number of benzene rings is 2. The molecule has 0 radical (unpaired) electrons. The van der Waals surface area contributed by atoms with E-state index in [-0.39, 0.29) is 33.8 Å². The molecule has 0 amide bonds. The first-order valence-electron chi connectivity index (χ1n) is 14.6. The molecule has 0 aromatic heterocycles. The van der Waals surface area contributed by atoms with Crippen LogP contribution in [0.5, 0.6) is 0 Å². The van der Waals surface area contributed by atoms with E-state index in [2.05, 4.69) is 102 Å². The van der Waals surface area contributed by atoms with Crippen molar-refractivity contribution in [3.8, 4) is 0 Å². The van der Waals surface area contributed by atoms with Crippen molar-refractivity contribution >= 4 is 23.2 Å². The molecule has 0 saturated heterocycles. The van der Waals surface area contributed by atoms with Crippen LogP contribution >= 0.6 is 23.2 Å². The minimum Gasteiger partial charge on any atom is -0.371 e. The molecule has 2 saturated carbocycles. The summed E-state index contributed by atoms with van der Waals surface area (Å²) in [4.78, 5) is 0. The Morgan fingerprint density at radius 2 is 1.03 bits per heavy atom. The molecular weight excluding hydrogens is 495 g/mol. The fourth-order valence-corrected chi connectivity index (χ4v) is 8.13. The molecule has 204 valence electrons. The van der Waals surface area contributed by atoms with Gasteiger partial charge >= 0.3 is 0 Å². The third kappa shape index (κ3) is 6.42. The highest BCUT2D eigenvalue weighted by molar-refractivity contribution is 6.22. The van der Waals surface area contributed by atoms with Gasteiger partial charge < -0.3 is 4.74 Å². The summed E-state index contributed by atoms with van der Waals surface area (Å²) in [6, 6.07) is 21.7. The van der Waals surface area contributed by atoms with Gasteiger partial charge in [0.1, 0.15) is 0 Å². The van der Waals surface area contributed by atoms with Crippen LogP contribution in [-0.2, 0) is 17.6 Å². The molecular formula is C34H48Cl2O. The van der Waals surface area contributed by atoms with Crippen molar-refractivity contribution in [2.45, 2.75) is 103 Å². The van der Waals surface area contributed by atoms with Gasteiger partial charge in [0.05, 0.1) is 23.0 Å². The fraction of sp³-hybridized carbons (Fsp3) is 0.647. The number of ether oxygens (including phenoxy) is 1. The third-order valence-electron chi connectivity index (χ3n) is 9.78. The zero-order chi connectivity index (χ0) is 26.8. The van der Waals surface area contributed by atoms with Gasteiger partial charge in [-0.1, -0.05) is 102 Å². The van der Waals surface area contributed by atoms with E-state index in [1.807, 2.05) is 0 Å². The van der Waals surface area contributed by atoms with E-state index in [0.717, 1.165) is 38.5 Å². The fourth-order valence-electron chi connectivity index (χ4n) is 7.27. The maximum atomic E-state index is 7.51. The van der Waals surface area contributed by atoms with E-state index in [1.54, 1.807) is 0 Å². The molecule has 2 aliphatic rings. The van der Waals surface area contributed by atoms with Gasteiger partial charge in [0.25, 0.3) is 0 Å². The van der Waals surface area contributed by atoms with Gasteiger partial charge in [-0.3, -0.25) is 0 Å². The van der Waals surface area contributed by atoms with Crippen LogP contribution in [0.1, 0.15) is 78.4 Å². The van der Waals surface area contributed by atoms with Crippen LogP contribution < -0.4 is 0 Å². The largest absolute Gasteiger partial charge is 0.371 e. The van der Waals surface area contributed by atoms with Gasteiger partial charge in [0, 0.05) is 0 Å². The van der Waals surface area contributed by atoms with E-state index in [0.29, 0.717) is 23.7 Å². The van der Waals surface area contributed by atoms with Crippen LogP contribution in [0.25, 0.3) is 0 Å². The van der Waals surface area contributed by atoms with Crippen molar-refractivity contribution in [2.75, 3.05) is 0 Å². The Balaban J connectivity index is 1.61. The highest BCUT2D eigenvalue weighted by Gasteiger charge is 2.52. The first-order chi connectivity index (χ1) is 17.5. The minimum atomic E-state index is -0.0483. The van der Waals surface area contributed by atoms with Crippen molar-refractivity contribution in [3.63, 3.8) is 0 Å².